The Bertz CT molecular complexity index is 2160. The van der Waals surface area contributed by atoms with Gasteiger partial charge in [0.05, 0.1) is 40.8 Å². The number of nitrogens with two attached hydrogens (primary N) is 1. The zero-order valence-corrected chi connectivity index (χ0v) is 38.5. The van der Waals surface area contributed by atoms with E-state index >= 15 is 0 Å². The van der Waals surface area contributed by atoms with E-state index in [0.29, 0.717) is 66.9 Å². The fraction of sp³-hybridized carbons (Fsp3) is 0.347. The van der Waals surface area contributed by atoms with Gasteiger partial charge in [-0.2, -0.15) is 0 Å². The first kappa shape index (κ1) is 55.0. The second-order valence-electron chi connectivity index (χ2n) is 14.8. The second kappa shape index (κ2) is 30.1. The molecule has 0 saturated heterocycles. The Morgan fingerprint density at radius 1 is 0.544 bits per heavy atom. The van der Waals surface area contributed by atoms with E-state index < -0.39 is 23.9 Å². The van der Waals surface area contributed by atoms with Crippen LogP contribution in [-0.4, -0.2) is 111 Å². The molecule has 68 heavy (non-hydrogen) atoms. The van der Waals surface area contributed by atoms with Crippen LogP contribution in [0.3, 0.4) is 0 Å². The highest BCUT2D eigenvalue weighted by Gasteiger charge is 2.19. The Morgan fingerprint density at radius 2 is 0.912 bits per heavy atom. The molecule has 362 valence electrons. The molecule has 0 fully saturated rings. The monoisotopic (exact) mass is 935 g/mol. The van der Waals surface area contributed by atoms with E-state index in [1.54, 1.807) is 48.5 Å². The van der Waals surface area contributed by atoms with Gasteiger partial charge < -0.3 is 36.2 Å². The van der Waals surface area contributed by atoms with Gasteiger partial charge in [-0.15, -0.1) is 13.2 Å². The van der Waals surface area contributed by atoms with Crippen LogP contribution >= 0.6 is 0 Å². The number of carboxylic acids is 4. The highest BCUT2D eigenvalue weighted by molar-refractivity contribution is 5.86. The van der Waals surface area contributed by atoms with Crippen LogP contribution in [0.2, 0.25) is 0 Å². The molecule has 0 aliphatic carbocycles. The highest BCUT2D eigenvalue weighted by atomic mass is 16.5. The SMILES string of the molecule is C=C.CC.NCCOCCCCCNC(=O)CCc1cc(CN(Cc2cccc(C(=O)O)n2)Cc2cccc(C(=O)O)n2)nc(CN(Cc2cccc(C(=O)O)n2)Cc2cccc(C(=O)O)n2)c1. The van der Waals surface area contributed by atoms with Crippen molar-refractivity contribution in [2.24, 2.45) is 5.73 Å². The number of nitrogens with zero attached hydrogens (tertiary/aromatic N) is 7. The molecular weight excluding hydrogens is 875 g/mol. The third-order valence-electron chi connectivity index (χ3n) is 9.60. The van der Waals surface area contributed by atoms with Gasteiger partial charge in [0, 0.05) is 65.4 Å². The number of carbonyl (C=O) groups is 5. The van der Waals surface area contributed by atoms with Gasteiger partial charge >= 0.3 is 23.9 Å². The number of hydrogen-bond acceptors (Lipinski definition) is 14. The first-order valence-electron chi connectivity index (χ1n) is 22.1. The predicted octanol–water partition coefficient (Wildman–Crippen LogP) is 5.88. The maximum absolute atomic E-state index is 13.1. The Hall–Kier alpha value is -7.32. The van der Waals surface area contributed by atoms with Crippen LogP contribution in [0.25, 0.3) is 0 Å². The standard InChI is InChI=1S/C45H51N9O10.C2H6.C2H4/c46-18-21-64-20-3-1-2-19-47-41(55)17-16-30-22-35(28-53(24-31-8-4-12-37(49-31)42(56)57)25-32-9-5-13-38(50-32)43(58)59)48-36(23-30)29-54(26-33-10-6-14-39(51-33)44(60)61)27-34-11-7-15-40(52-34)45(62)63;2*1-2/h4-15,22-23H,1-3,16-21,24-29,46H2,(H,47,55)(H,56,57)(H,58,59)(H,60,61)(H,62,63);1-2H3;1-2H2. The van der Waals surface area contributed by atoms with Gasteiger partial charge in [-0.25, -0.2) is 39.1 Å². The van der Waals surface area contributed by atoms with Crippen LogP contribution in [-0.2, 0) is 55.2 Å². The summed E-state index contributed by atoms with van der Waals surface area (Å²) in [5.41, 5.74) is 8.52. The second-order valence-corrected chi connectivity index (χ2v) is 14.8. The molecule has 5 aromatic heterocycles. The van der Waals surface area contributed by atoms with Gasteiger partial charge in [-0.1, -0.05) is 38.1 Å². The van der Waals surface area contributed by atoms with Gasteiger partial charge in [0.2, 0.25) is 5.91 Å². The summed E-state index contributed by atoms with van der Waals surface area (Å²) in [4.78, 5) is 86.3. The molecule has 5 heterocycles. The molecule has 0 spiro atoms. The first-order valence-corrected chi connectivity index (χ1v) is 22.1. The predicted molar refractivity (Wildman–Crippen MR) is 253 cm³/mol. The largest absolute Gasteiger partial charge is 0.477 e. The summed E-state index contributed by atoms with van der Waals surface area (Å²) < 4.78 is 5.42. The van der Waals surface area contributed by atoms with Gasteiger partial charge in [-0.05, 0) is 91.9 Å². The van der Waals surface area contributed by atoms with Crippen molar-refractivity contribution in [3.8, 4) is 0 Å². The number of hydrogen-bond donors (Lipinski definition) is 6. The maximum Gasteiger partial charge on any atom is 0.354 e. The topological polar surface area (TPSA) is 284 Å². The number of carbonyl (C=O) groups excluding carboxylic acids is 1. The van der Waals surface area contributed by atoms with Gasteiger partial charge in [0.25, 0.3) is 0 Å². The fourth-order valence-corrected chi connectivity index (χ4v) is 6.75. The van der Waals surface area contributed by atoms with Crippen LogP contribution in [0.4, 0.5) is 0 Å². The van der Waals surface area contributed by atoms with E-state index in [2.05, 4.69) is 38.4 Å². The number of pyridine rings is 5. The van der Waals surface area contributed by atoms with Crippen LogP contribution in [0.5, 0.6) is 0 Å². The van der Waals surface area contributed by atoms with Crippen molar-refractivity contribution in [3.05, 3.63) is 161 Å². The molecular formula is C49H61N9O10. The van der Waals surface area contributed by atoms with Crippen LogP contribution < -0.4 is 11.1 Å². The van der Waals surface area contributed by atoms with E-state index in [9.17, 15) is 44.4 Å². The molecule has 5 rings (SSSR count). The molecule has 5 aromatic rings. The smallest absolute Gasteiger partial charge is 0.354 e. The number of ether oxygens (including phenoxy) is 1. The maximum atomic E-state index is 13.1. The lowest BCUT2D eigenvalue weighted by Crippen LogP contribution is -2.27. The lowest BCUT2D eigenvalue weighted by Gasteiger charge is -2.24. The number of aryl methyl sites for hydroxylation is 1. The fourth-order valence-electron chi connectivity index (χ4n) is 6.75. The Morgan fingerprint density at radius 3 is 1.26 bits per heavy atom. The van der Waals surface area contributed by atoms with Gasteiger partial charge in [-0.3, -0.25) is 19.6 Å². The molecule has 0 aliphatic rings. The van der Waals surface area contributed by atoms with E-state index in [4.69, 9.17) is 15.5 Å². The minimum absolute atomic E-state index is 0.131. The van der Waals surface area contributed by atoms with Crippen molar-refractivity contribution in [3.63, 3.8) is 0 Å². The molecule has 19 nitrogen and oxygen atoms in total. The van der Waals surface area contributed by atoms with Gasteiger partial charge in [0.15, 0.2) is 0 Å². The molecule has 0 saturated carbocycles. The first-order chi connectivity index (χ1) is 32.8. The van der Waals surface area contributed by atoms with Crippen LogP contribution in [0.15, 0.2) is 98.1 Å². The van der Waals surface area contributed by atoms with E-state index in [-0.39, 0.29) is 74.4 Å². The van der Waals surface area contributed by atoms with Crippen molar-refractivity contribution in [1.82, 2.24) is 40.0 Å². The van der Waals surface area contributed by atoms with Crippen molar-refractivity contribution >= 4 is 29.8 Å². The number of nitrogens with one attached hydrogen (secondary N) is 1. The molecule has 0 aromatic carbocycles. The molecule has 19 heteroatoms. The third-order valence-corrected chi connectivity index (χ3v) is 9.60. The average Bonchev–Trinajstić information content (AvgIpc) is 3.33. The zero-order valence-electron chi connectivity index (χ0n) is 38.5. The minimum atomic E-state index is -1.19. The normalized spacial score (nSPS) is 10.7. The number of amides is 1. The Kier molecular flexibility index (Phi) is 24.3. The summed E-state index contributed by atoms with van der Waals surface area (Å²) in [5, 5.41) is 41.5. The van der Waals surface area contributed by atoms with Gasteiger partial charge in [0.1, 0.15) is 22.8 Å². The van der Waals surface area contributed by atoms with Crippen molar-refractivity contribution < 1.29 is 49.1 Å². The Labute approximate surface area is 395 Å². The van der Waals surface area contributed by atoms with E-state index in [0.717, 1.165) is 24.8 Å². The molecule has 1 amide bonds. The number of rotatable bonds is 27. The van der Waals surface area contributed by atoms with Crippen LogP contribution in [0, 0.1) is 0 Å². The molecule has 0 atom stereocenters. The number of carboxylic acid groups (broad SMARTS) is 4. The van der Waals surface area contributed by atoms with Crippen molar-refractivity contribution in [1.29, 1.82) is 0 Å². The third kappa shape index (κ3) is 19.6. The number of aromatic nitrogens is 5. The highest BCUT2D eigenvalue weighted by Crippen LogP contribution is 2.19. The summed E-state index contributed by atoms with van der Waals surface area (Å²) in [5.74, 6) is -4.91. The summed E-state index contributed by atoms with van der Waals surface area (Å²) in [6.45, 7) is 12.9. The quantitative estimate of drug-likeness (QED) is 0.0265. The Balaban J connectivity index is 0.00000298. The zero-order chi connectivity index (χ0) is 49.8. The van der Waals surface area contributed by atoms with E-state index in [1.807, 2.05) is 35.8 Å². The number of aromatic carboxylic acids is 4. The lowest BCUT2D eigenvalue weighted by molar-refractivity contribution is -0.121. The summed E-state index contributed by atoms with van der Waals surface area (Å²) in [6, 6.07) is 22.3. The van der Waals surface area contributed by atoms with Crippen LogP contribution in [0.1, 0.15) is 121 Å². The molecule has 0 unspecified atom stereocenters. The van der Waals surface area contributed by atoms with Crippen molar-refractivity contribution in [2.45, 2.75) is 85.2 Å². The van der Waals surface area contributed by atoms with Crippen molar-refractivity contribution in [2.75, 3.05) is 26.3 Å². The minimum Gasteiger partial charge on any atom is -0.477 e. The molecule has 0 bridgehead atoms. The lowest BCUT2D eigenvalue weighted by atomic mass is 10.1. The molecule has 7 N–H and O–H groups in total. The van der Waals surface area contributed by atoms with E-state index in [1.165, 1.54) is 24.3 Å². The summed E-state index contributed by atoms with van der Waals surface area (Å²) >= 11 is 0. The average molecular weight is 936 g/mol. The molecule has 0 aliphatic heterocycles. The summed E-state index contributed by atoms with van der Waals surface area (Å²) in [7, 11) is 0. The number of unbranched alkanes of at least 4 members (excludes halogenated alkanes) is 2. The summed E-state index contributed by atoms with van der Waals surface area (Å²) in [6.07, 6.45) is 3.04. The molecule has 0 radical (unpaired) electrons.